The third-order valence-electron chi connectivity index (χ3n) is 4.17. The Morgan fingerprint density at radius 1 is 1.50 bits per heavy atom. The van der Waals surface area contributed by atoms with Crippen LogP contribution < -0.4 is 0 Å². The summed E-state index contributed by atoms with van der Waals surface area (Å²) in [5.41, 5.74) is 2.24. The predicted octanol–water partition coefficient (Wildman–Crippen LogP) is 3.53. The maximum atomic E-state index is 12.2. The van der Waals surface area contributed by atoms with Crippen LogP contribution in [0.4, 0.5) is 0 Å². The maximum Gasteiger partial charge on any atom is 0.335 e. The standard InChI is InChI=1S/C17H23NO3S/c1-4-5-11(2)16-18(15(19)10-22-16)9-14-7-6-13(17(20)21)8-12(14)3/h6-8,11,16H,4-5,9-10H2,1-3H3,(H,20,21). The molecule has 1 saturated heterocycles. The highest BCUT2D eigenvalue weighted by Gasteiger charge is 2.35. The van der Waals surface area contributed by atoms with Crippen molar-refractivity contribution in [1.82, 2.24) is 4.90 Å². The van der Waals surface area contributed by atoms with Crippen molar-refractivity contribution in [3.8, 4) is 0 Å². The van der Waals surface area contributed by atoms with E-state index in [4.69, 9.17) is 5.11 Å². The molecule has 1 aliphatic heterocycles. The number of carbonyl (C=O) groups is 2. The molecule has 1 heterocycles. The summed E-state index contributed by atoms with van der Waals surface area (Å²) in [4.78, 5) is 25.2. The summed E-state index contributed by atoms with van der Waals surface area (Å²) in [6.45, 7) is 6.83. The fourth-order valence-corrected chi connectivity index (χ4v) is 4.22. The third-order valence-corrected chi connectivity index (χ3v) is 5.64. The zero-order valence-corrected chi connectivity index (χ0v) is 14.2. The van der Waals surface area contributed by atoms with Gasteiger partial charge < -0.3 is 10.0 Å². The number of amides is 1. The van der Waals surface area contributed by atoms with Crippen LogP contribution >= 0.6 is 11.8 Å². The van der Waals surface area contributed by atoms with Crippen LogP contribution in [0.2, 0.25) is 0 Å². The lowest BCUT2D eigenvalue weighted by molar-refractivity contribution is -0.129. The van der Waals surface area contributed by atoms with Gasteiger partial charge in [0.25, 0.3) is 0 Å². The third kappa shape index (κ3) is 3.64. The molecule has 0 bridgehead atoms. The minimum Gasteiger partial charge on any atom is -0.478 e. The van der Waals surface area contributed by atoms with Gasteiger partial charge in [-0.25, -0.2) is 4.79 Å². The Balaban J connectivity index is 2.17. The highest BCUT2D eigenvalue weighted by molar-refractivity contribution is 8.01. The number of benzene rings is 1. The second kappa shape index (κ2) is 7.18. The number of thioether (sulfide) groups is 1. The van der Waals surface area contributed by atoms with Crippen LogP contribution in [0.5, 0.6) is 0 Å². The van der Waals surface area contributed by atoms with E-state index in [1.54, 1.807) is 23.9 Å². The van der Waals surface area contributed by atoms with Gasteiger partial charge in [0.15, 0.2) is 0 Å². The van der Waals surface area contributed by atoms with E-state index in [0.717, 1.165) is 24.0 Å². The largest absolute Gasteiger partial charge is 0.478 e. The average molecular weight is 321 g/mol. The summed E-state index contributed by atoms with van der Waals surface area (Å²) in [5, 5.41) is 9.26. The fourth-order valence-electron chi connectivity index (χ4n) is 2.91. The Bertz CT molecular complexity index is 573. The number of rotatable bonds is 6. The molecule has 1 fully saturated rings. The second-order valence-electron chi connectivity index (χ2n) is 5.94. The van der Waals surface area contributed by atoms with Gasteiger partial charge in [-0.1, -0.05) is 26.3 Å². The molecule has 120 valence electrons. The lowest BCUT2D eigenvalue weighted by Crippen LogP contribution is -2.36. The minimum atomic E-state index is -0.920. The molecule has 0 radical (unpaired) electrons. The fraction of sp³-hybridized carbons (Fsp3) is 0.529. The van der Waals surface area contributed by atoms with E-state index in [1.165, 1.54) is 0 Å². The van der Waals surface area contributed by atoms with Crippen molar-refractivity contribution in [3.05, 3.63) is 34.9 Å². The quantitative estimate of drug-likeness (QED) is 0.871. The average Bonchev–Trinajstić information content (AvgIpc) is 2.82. The Labute approximate surface area is 135 Å². The van der Waals surface area contributed by atoms with Crippen molar-refractivity contribution in [2.75, 3.05) is 5.75 Å². The maximum absolute atomic E-state index is 12.2. The molecule has 22 heavy (non-hydrogen) atoms. The number of aryl methyl sites for hydroxylation is 1. The van der Waals surface area contributed by atoms with Gasteiger partial charge in [-0.3, -0.25) is 4.79 Å². The predicted molar refractivity (Wildman–Crippen MR) is 89.0 cm³/mol. The van der Waals surface area contributed by atoms with Gasteiger partial charge in [-0.2, -0.15) is 0 Å². The highest BCUT2D eigenvalue weighted by Crippen LogP contribution is 2.34. The minimum absolute atomic E-state index is 0.180. The van der Waals surface area contributed by atoms with E-state index in [-0.39, 0.29) is 11.3 Å². The monoisotopic (exact) mass is 321 g/mol. The van der Waals surface area contributed by atoms with Crippen LogP contribution in [0.15, 0.2) is 18.2 Å². The Morgan fingerprint density at radius 2 is 2.23 bits per heavy atom. The molecule has 1 aliphatic rings. The molecular formula is C17H23NO3S. The van der Waals surface area contributed by atoms with Crippen LogP contribution in [0, 0.1) is 12.8 Å². The molecule has 1 N–H and O–H groups in total. The van der Waals surface area contributed by atoms with E-state index in [1.807, 2.05) is 17.9 Å². The number of carboxylic acids is 1. The molecule has 0 aromatic heterocycles. The van der Waals surface area contributed by atoms with Crippen molar-refractivity contribution in [2.24, 2.45) is 5.92 Å². The normalized spacial score (nSPS) is 19.5. The Morgan fingerprint density at radius 3 is 2.82 bits per heavy atom. The summed E-state index contributed by atoms with van der Waals surface area (Å²) in [6, 6.07) is 5.12. The second-order valence-corrected chi connectivity index (χ2v) is 7.04. The zero-order chi connectivity index (χ0) is 16.3. The lowest BCUT2D eigenvalue weighted by atomic mass is 10.0. The van der Waals surface area contributed by atoms with Crippen molar-refractivity contribution < 1.29 is 14.7 Å². The van der Waals surface area contributed by atoms with Gasteiger partial charge in [0.2, 0.25) is 5.91 Å². The van der Waals surface area contributed by atoms with Crippen LogP contribution in [0.3, 0.4) is 0 Å². The first kappa shape index (κ1) is 16.9. The molecule has 4 nitrogen and oxygen atoms in total. The number of nitrogens with zero attached hydrogens (tertiary/aromatic N) is 1. The molecule has 2 unspecified atom stereocenters. The SMILES string of the molecule is CCCC(C)C1SCC(=O)N1Cc1ccc(C(=O)O)cc1C. The Kier molecular flexibility index (Phi) is 5.51. The lowest BCUT2D eigenvalue weighted by Gasteiger charge is -2.29. The summed E-state index contributed by atoms with van der Waals surface area (Å²) in [6.07, 6.45) is 2.23. The summed E-state index contributed by atoms with van der Waals surface area (Å²) < 4.78 is 0. The van der Waals surface area contributed by atoms with Gasteiger partial charge in [0, 0.05) is 6.54 Å². The van der Waals surface area contributed by atoms with Gasteiger partial charge in [-0.15, -0.1) is 11.8 Å². The van der Waals surface area contributed by atoms with E-state index in [0.29, 0.717) is 23.8 Å². The molecule has 5 heteroatoms. The first-order chi connectivity index (χ1) is 10.4. The molecular weight excluding hydrogens is 298 g/mol. The van der Waals surface area contributed by atoms with Crippen molar-refractivity contribution in [2.45, 2.75) is 45.5 Å². The van der Waals surface area contributed by atoms with Gasteiger partial charge in [0.05, 0.1) is 16.7 Å². The van der Waals surface area contributed by atoms with Crippen molar-refractivity contribution in [1.29, 1.82) is 0 Å². The van der Waals surface area contributed by atoms with Gasteiger partial charge in [-0.05, 0) is 42.5 Å². The topological polar surface area (TPSA) is 57.6 Å². The number of hydrogen-bond acceptors (Lipinski definition) is 3. The Hall–Kier alpha value is -1.49. The number of hydrogen-bond donors (Lipinski definition) is 1. The summed E-state index contributed by atoms with van der Waals surface area (Å²) in [5.74, 6) is 0.280. The zero-order valence-electron chi connectivity index (χ0n) is 13.3. The van der Waals surface area contributed by atoms with E-state index in [2.05, 4.69) is 13.8 Å². The number of aromatic carboxylic acids is 1. The van der Waals surface area contributed by atoms with E-state index in [9.17, 15) is 9.59 Å². The van der Waals surface area contributed by atoms with Gasteiger partial charge >= 0.3 is 5.97 Å². The number of carbonyl (C=O) groups excluding carboxylic acids is 1. The van der Waals surface area contributed by atoms with Crippen LogP contribution in [-0.4, -0.2) is 33.0 Å². The van der Waals surface area contributed by atoms with Crippen LogP contribution in [0.1, 0.15) is 48.2 Å². The molecule has 0 spiro atoms. The molecule has 0 saturated carbocycles. The van der Waals surface area contributed by atoms with Crippen LogP contribution in [0.25, 0.3) is 0 Å². The summed E-state index contributed by atoms with van der Waals surface area (Å²) in [7, 11) is 0. The molecule has 1 aromatic carbocycles. The first-order valence-corrected chi connectivity index (χ1v) is 8.72. The highest BCUT2D eigenvalue weighted by atomic mass is 32.2. The number of carboxylic acid groups (broad SMARTS) is 1. The molecule has 1 amide bonds. The molecule has 2 rings (SSSR count). The first-order valence-electron chi connectivity index (χ1n) is 7.68. The van der Waals surface area contributed by atoms with E-state index < -0.39 is 5.97 Å². The molecule has 2 atom stereocenters. The van der Waals surface area contributed by atoms with Crippen molar-refractivity contribution in [3.63, 3.8) is 0 Å². The van der Waals surface area contributed by atoms with Gasteiger partial charge in [0.1, 0.15) is 0 Å². The van der Waals surface area contributed by atoms with Crippen molar-refractivity contribution >= 4 is 23.6 Å². The smallest absolute Gasteiger partial charge is 0.335 e. The van der Waals surface area contributed by atoms with Crippen LogP contribution in [-0.2, 0) is 11.3 Å². The molecule has 1 aromatic rings. The van der Waals surface area contributed by atoms with E-state index >= 15 is 0 Å². The summed E-state index contributed by atoms with van der Waals surface area (Å²) >= 11 is 1.72. The molecule has 0 aliphatic carbocycles.